The van der Waals surface area contributed by atoms with Crippen LogP contribution in [0, 0.1) is 11.7 Å². The first kappa shape index (κ1) is 24.8. The molecule has 2 aromatic rings. The van der Waals surface area contributed by atoms with Gasteiger partial charge in [0.25, 0.3) is 0 Å². The van der Waals surface area contributed by atoms with Crippen molar-refractivity contribution in [3.8, 4) is 0 Å². The van der Waals surface area contributed by atoms with Crippen molar-refractivity contribution in [1.29, 1.82) is 0 Å². The SMILES string of the molecule is C[C@H]1CN(c2c(F)cc3c(=O)c(C(=O)O)cn(CCF)c3c2Cl)C[C@H]1NC(=O)OC(C)(C)C. The minimum atomic E-state index is -1.50. The summed E-state index contributed by atoms with van der Waals surface area (Å²) in [4.78, 5) is 37.9. The Bertz CT molecular complexity index is 1160. The van der Waals surface area contributed by atoms with Gasteiger partial charge in [0.15, 0.2) is 0 Å². The highest BCUT2D eigenvalue weighted by Crippen LogP contribution is 2.38. The summed E-state index contributed by atoms with van der Waals surface area (Å²) < 4.78 is 34.9. The van der Waals surface area contributed by atoms with Crippen LogP contribution < -0.4 is 15.6 Å². The highest BCUT2D eigenvalue weighted by molar-refractivity contribution is 6.38. The van der Waals surface area contributed by atoms with E-state index < -0.39 is 41.1 Å². The number of rotatable bonds is 5. The lowest BCUT2D eigenvalue weighted by Gasteiger charge is -2.24. The minimum absolute atomic E-state index is 0.000381. The maximum absolute atomic E-state index is 15.2. The van der Waals surface area contributed by atoms with Gasteiger partial charge < -0.3 is 24.6 Å². The molecule has 11 heteroatoms. The number of carboxylic acid groups (broad SMARTS) is 1. The number of nitrogens with one attached hydrogen (secondary N) is 1. The molecule has 1 fully saturated rings. The normalized spacial score (nSPS) is 18.6. The second kappa shape index (κ2) is 9.17. The van der Waals surface area contributed by atoms with E-state index in [2.05, 4.69) is 5.32 Å². The number of halogens is 3. The van der Waals surface area contributed by atoms with Crippen LogP contribution in [0.2, 0.25) is 5.02 Å². The van der Waals surface area contributed by atoms with Crippen LogP contribution in [-0.2, 0) is 11.3 Å². The van der Waals surface area contributed by atoms with E-state index in [1.165, 1.54) is 4.57 Å². The summed E-state index contributed by atoms with van der Waals surface area (Å²) in [7, 11) is 0. The summed E-state index contributed by atoms with van der Waals surface area (Å²) >= 11 is 6.54. The standard InChI is InChI=1S/C22H26ClF2N3O5/c1-11-8-28(10-15(11)26-21(32)33-22(2,3)4)18-14(25)7-12-17(16(18)23)27(6-5-24)9-13(19(12)29)20(30)31/h7,9,11,15H,5-6,8,10H2,1-4H3,(H,26,32)(H,30,31)/t11-,15+/m0/s1. The number of anilines is 1. The van der Waals surface area contributed by atoms with Crippen molar-refractivity contribution in [3.63, 3.8) is 0 Å². The number of carboxylic acids is 1. The van der Waals surface area contributed by atoms with Gasteiger partial charge in [0.2, 0.25) is 5.43 Å². The van der Waals surface area contributed by atoms with E-state index in [4.69, 9.17) is 16.3 Å². The minimum Gasteiger partial charge on any atom is -0.477 e. The fraction of sp³-hybridized carbons (Fsp3) is 0.500. The molecule has 2 heterocycles. The molecule has 3 rings (SSSR count). The molecule has 2 atom stereocenters. The van der Waals surface area contributed by atoms with Gasteiger partial charge in [0.05, 0.1) is 34.2 Å². The lowest BCUT2D eigenvalue weighted by atomic mass is 10.1. The van der Waals surface area contributed by atoms with E-state index in [0.29, 0.717) is 6.54 Å². The summed E-state index contributed by atoms with van der Waals surface area (Å²) in [6.07, 6.45) is 0.420. The first-order valence-electron chi connectivity index (χ1n) is 10.4. The first-order valence-corrected chi connectivity index (χ1v) is 10.8. The quantitative estimate of drug-likeness (QED) is 0.668. The molecular weight excluding hydrogens is 460 g/mol. The molecule has 1 amide bonds. The van der Waals surface area contributed by atoms with Crippen LogP contribution in [0.3, 0.4) is 0 Å². The van der Waals surface area contributed by atoms with Gasteiger partial charge in [-0.25, -0.2) is 18.4 Å². The molecular formula is C22H26ClF2N3O5. The van der Waals surface area contributed by atoms with E-state index in [-0.39, 0.29) is 46.7 Å². The average Bonchev–Trinajstić information content (AvgIpc) is 3.01. The Morgan fingerprint density at radius 1 is 1.33 bits per heavy atom. The number of ether oxygens (including phenoxy) is 1. The van der Waals surface area contributed by atoms with Crippen molar-refractivity contribution in [2.75, 3.05) is 24.7 Å². The molecule has 1 saturated heterocycles. The number of carbonyl (C=O) groups excluding carboxylic acids is 1. The fourth-order valence-electron chi connectivity index (χ4n) is 3.98. The van der Waals surface area contributed by atoms with Gasteiger partial charge in [-0.3, -0.25) is 4.79 Å². The number of hydrogen-bond donors (Lipinski definition) is 2. The Morgan fingerprint density at radius 3 is 2.58 bits per heavy atom. The van der Waals surface area contributed by atoms with Crippen LogP contribution in [0.1, 0.15) is 38.1 Å². The topological polar surface area (TPSA) is 101 Å². The number of hydrogen-bond acceptors (Lipinski definition) is 5. The Morgan fingerprint density at radius 2 is 2.00 bits per heavy atom. The lowest BCUT2D eigenvalue weighted by Crippen LogP contribution is -2.42. The van der Waals surface area contributed by atoms with Crippen LogP contribution in [-0.4, -0.2) is 53.1 Å². The number of aromatic nitrogens is 1. The molecule has 1 aromatic heterocycles. The molecule has 8 nitrogen and oxygen atoms in total. The smallest absolute Gasteiger partial charge is 0.407 e. The number of amides is 1. The van der Waals surface area contributed by atoms with Crippen LogP contribution in [0.4, 0.5) is 19.3 Å². The van der Waals surface area contributed by atoms with E-state index >= 15 is 4.39 Å². The predicted octanol–water partition coefficient (Wildman–Crippen LogP) is 3.81. The molecule has 0 unspecified atom stereocenters. The maximum Gasteiger partial charge on any atom is 0.407 e. The molecule has 2 N–H and O–H groups in total. The Balaban J connectivity index is 2.03. The third-order valence-corrected chi connectivity index (χ3v) is 5.77. The van der Waals surface area contributed by atoms with Crippen molar-refractivity contribution in [2.45, 2.75) is 45.9 Å². The predicted molar refractivity (Wildman–Crippen MR) is 121 cm³/mol. The highest BCUT2D eigenvalue weighted by Gasteiger charge is 2.35. The molecule has 1 aliphatic rings. The number of alkyl carbamates (subject to hydrolysis) is 1. The molecule has 180 valence electrons. The van der Waals surface area contributed by atoms with Crippen molar-refractivity contribution < 1.29 is 28.2 Å². The van der Waals surface area contributed by atoms with Crippen LogP contribution >= 0.6 is 11.6 Å². The van der Waals surface area contributed by atoms with Crippen LogP contribution in [0.5, 0.6) is 0 Å². The Labute approximate surface area is 194 Å². The number of nitrogens with zero attached hydrogens (tertiary/aromatic N) is 2. The molecule has 0 saturated carbocycles. The fourth-order valence-corrected chi connectivity index (χ4v) is 4.40. The molecule has 33 heavy (non-hydrogen) atoms. The lowest BCUT2D eigenvalue weighted by molar-refractivity contribution is 0.0499. The van der Waals surface area contributed by atoms with Gasteiger partial charge in [0.1, 0.15) is 23.7 Å². The molecule has 1 aromatic carbocycles. The van der Waals surface area contributed by atoms with Gasteiger partial charge >= 0.3 is 12.1 Å². The number of carbonyl (C=O) groups is 2. The highest BCUT2D eigenvalue weighted by atomic mass is 35.5. The van der Waals surface area contributed by atoms with E-state index in [0.717, 1.165) is 12.3 Å². The second-order valence-corrected chi connectivity index (χ2v) is 9.49. The monoisotopic (exact) mass is 485 g/mol. The number of pyridine rings is 1. The number of fused-ring (bicyclic) bond motifs is 1. The second-order valence-electron chi connectivity index (χ2n) is 9.11. The van der Waals surface area contributed by atoms with Gasteiger partial charge in [0, 0.05) is 19.3 Å². The zero-order chi connectivity index (χ0) is 24.7. The Hall–Kier alpha value is -2.88. The molecule has 0 spiro atoms. The summed E-state index contributed by atoms with van der Waals surface area (Å²) in [6.45, 7) is 6.58. The van der Waals surface area contributed by atoms with E-state index in [1.54, 1.807) is 25.7 Å². The van der Waals surface area contributed by atoms with E-state index in [9.17, 15) is 23.9 Å². The zero-order valence-corrected chi connectivity index (χ0v) is 19.5. The summed E-state index contributed by atoms with van der Waals surface area (Å²) in [5.74, 6) is -2.39. The van der Waals surface area contributed by atoms with Crippen LogP contribution in [0.15, 0.2) is 17.1 Å². The number of alkyl halides is 1. The summed E-state index contributed by atoms with van der Waals surface area (Å²) in [6, 6.07) is 0.577. The molecule has 1 aliphatic heterocycles. The molecule has 0 bridgehead atoms. The largest absolute Gasteiger partial charge is 0.477 e. The zero-order valence-electron chi connectivity index (χ0n) is 18.7. The van der Waals surface area contributed by atoms with Gasteiger partial charge in [-0.1, -0.05) is 18.5 Å². The Kier molecular flexibility index (Phi) is 6.88. The van der Waals surface area contributed by atoms with Gasteiger partial charge in [-0.05, 0) is 32.8 Å². The maximum atomic E-state index is 15.2. The van der Waals surface area contributed by atoms with Crippen molar-refractivity contribution in [1.82, 2.24) is 9.88 Å². The summed E-state index contributed by atoms with van der Waals surface area (Å²) in [5, 5.41) is 11.7. The third-order valence-electron chi connectivity index (χ3n) is 5.42. The summed E-state index contributed by atoms with van der Waals surface area (Å²) in [5.41, 5.74) is -2.12. The number of aromatic carboxylic acids is 1. The van der Waals surface area contributed by atoms with Crippen molar-refractivity contribution in [2.24, 2.45) is 5.92 Å². The first-order chi connectivity index (χ1) is 15.3. The number of aryl methyl sites for hydroxylation is 1. The van der Waals surface area contributed by atoms with Crippen molar-refractivity contribution in [3.05, 3.63) is 38.9 Å². The third kappa shape index (κ3) is 5.05. The van der Waals surface area contributed by atoms with Crippen LogP contribution in [0.25, 0.3) is 10.9 Å². The number of benzene rings is 1. The average molecular weight is 486 g/mol. The van der Waals surface area contributed by atoms with Gasteiger partial charge in [-0.2, -0.15) is 0 Å². The van der Waals surface area contributed by atoms with E-state index in [1.807, 2.05) is 6.92 Å². The van der Waals surface area contributed by atoms with Gasteiger partial charge in [-0.15, -0.1) is 0 Å². The van der Waals surface area contributed by atoms with Crippen molar-refractivity contribution >= 4 is 40.3 Å². The molecule has 0 aliphatic carbocycles. The molecule has 0 radical (unpaired) electrons.